The number of fused-ring (bicyclic) bond motifs is 4. The first kappa shape index (κ1) is 55.5. The third kappa shape index (κ3) is 13.2. The number of aromatic amines is 1. The highest BCUT2D eigenvalue weighted by Gasteiger charge is 2.39. The molecule has 3 heterocycles. The van der Waals surface area contributed by atoms with Crippen LogP contribution in [0.5, 0.6) is 0 Å². The summed E-state index contributed by atoms with van der Waals surface area (Å²) in [6, 6.07) is 50.1. The van der Waals surface area contributed by atoms with Gasteiger partial charge in [-0.1, -0.05) is 97.1 Å². The molecule has 0 radical (unpaired) electrons. The van der Waals surface area contributed by atoms with Gasteiger partial charge < -0.3 is 33.0 Å². The predicted octanol–water partition coefficient (Wildman–Crippen LogP) is 16.4. The van der Waals surface area contributed by atoms with Crippen LogP contribution in [0.2, 0.25) is 0 Å². The highest BCUT2D eigenvalue weighted by molar-refractivity contribution is 7.61. The van der Waals surface area contributed by atoms with Gasteiger partial charge in [0, 0.05) is 89.7 Å². The van der Waals surface area contributed by atoms with Crippen LogP contribution in [-0.4, -0.2) is 56.3 Å². The van der Waals surface area contributed by atoms with E-state index in [1.807, 2.05) is 99.4 Å². The minimum Gasteiger partial charge on any atom is -0.361 e. The normalized spacial score (nSPS) is 12.3. The van der Waals surface area contributed by atoms with Crippen molar-refractivity contribution in [2.24, 2.45) is 14.1 Å². The molecule has 0 saturated heterocycles. The van der Waals surface area contributed by atoms with E-state index in [0.717, 1.165) is 82.6 Å². The van der Waals surface area contributed by atoms with Crippen LogP contribution in [-0.2, 0) is 51.3 Å². The van der Waals surface area contributed by atoms with Crippen LogP contribution in [0, 0.1) is 17.5 Å². The zero-order chi connectivity index (χ0) is 55.7. The molecule has 3 aromatic heterocycles. The predicted molar refractivity (Wildman–Crippen MR) is 314 cm³/mol. The Balaban J connectivity index is 0.000000150. The molecule has 0 saturated carbocycles. The summed E-state index contributed by atoms with van der Waals surface area (Å²) in [5, 5.41) is 4.76. The Labute approximate surface area is 451 Å². The highest BCUT2D eigenvalue weighted by atomic mass is 31.2. The standard InChI is InChI=1S/C28H23FNO4P.C18H19FNOP.C17H17FNOP/c1-30-17-25(24-16-22(10-13-26(24)30)20-8-11-23(29)12-9-20)28(35(32,33)34)27(31)15-18-6-7-19-4-2-3-5-21(19)14-18;1-20-11-15(12-22(2,3)21)17-10-14(6-9-18(17)20)13-4-7-16(19)8-5-13;1-21(2,20)11-14-10-19-17-8-5-13(9-16(14)17)12-3-6-15(18)7-4-12/h2-14,16-17,28H,15H2,1H3,(H2,32,33,34);4-11H,12H2,1-3H3;3-10,19H,11H2,1-2H3. The van der Waals surface area contributed by atoms with Crippen molar-refractivity contribution in [3.63, 3.8) is 0 Å². The molecule has 78 heavy (non-hydrogen) atoms. The summed E-state index contributed by atoms with van der Waals surface area (Å²) in [6.45, 7) is 7.23. The van der Waals surface area contributed by atoms with Gasteiger partial charge in [-0.05, 0) is 160 Å². The molecule has 1 unspecified atom stereocenters. The number of hydrogen-bond acceptors (Lipinski definition) is 4. The van der Waals surface area contributed by atoms with Crippen molar-refractivity contribution in [1.29, 1.82) is 0 Å². The quantitative estimate of drug-likeness (QED) is 0.104. The van der Waals surface area contributed by atoms with Gasteiger partial charge in [0.05, 0.1) is 14.3 Å². The van der Waals surface area contributed by atoms with Gasteiger partial charge in [0.25, 0.3) is 0 Å². The van der Waals surface area contributed by atoms with Crippen LogP contribution in [0.3, 0.4) is 0 Å². The molecule has 8 aromatic carbocycles. The molecule has 0 aliphatic carbocycles. The number of aromatic nitrogens is 3. The first-order valence-electron chi connectivity index (χ1n) is 25.1. The van der Waals surface area contributed by atoms with Gasteiger partial charge in [-0.2, -0.15) is 0 Å². The first-order chi connectivity index (χ1) is 37.0. The van der Waals surface area contributed by atoms with Crippen LogP contribution in [0.1, 0.15) is 27.9 Å². The fourth-order valence-corrected chi connectivity index (χ4v) is 13.2. The number of H-pyrrole nitrogens is 1. The Kier molecular flexibility index (Phi) is 16.1. The summed E-state index contributed by atoms with van der Waals surface area (Å²) < 4.78 is 80.2. The number of benzene rings is 8. The van der Waals surface area contributed by atoms with E-state index in [4.69, 9.17) is 0 Å². The van der Waals surface area contributed by atoms with Crippen LogP contribution < -0.4 is 0 Å². The minimum atomic E-state index is -4.84. The summed E-state index contributed by atoms with van der Waals surface area (Å²) in [5.41, 5.74) is 10.0. The Hall–Kier alpha value is -7.29. The molecule has 0 aliphatic rings. The number of carbonyl (C=O) groups excluding carboxylic acids is 1. The van der Waals surface area contributed by atoms with Gasteiger partial charge in [0.2, 0.25) is 0 Å². The van der Waals surface area contributed by atoms with Crippen molar-refractivity contribution in [3.8, 4) is 33.4 Å². The van der Waals surface area contributed by atoms with E-state index < -0.39 is 33.3 Å². The maximum absolute atomic E-state index is 13.4. The average molecular weight is 1100 g/mol. The molecule has 398 valence electrons. The summed E-state index contributed by atoms with van der Waals surface area (Å²) >= 11 is 0. The molecular weight excluding hydrogens is 1040 g/mol. The van der Waals surface area contributed by atoms with E-state index in [0.29, 0.717) is 23.3 Å². The lowest BCUT2D eigenvalue weighted by Crippen LogP contribution is -2.15. The van der Waals surface area contributed by atoms with Gasteiger partial charge in [0.1, 0.15) is 23.1 Å². The number of rotatable bonds is 12. The second kappa shape index (κ2) is 22.6. The average Bonchev–Trinajstić information content (AvgIpc) is 4.17. The van der Waals surface area contributed by atoms with E-state index in [1.165, 1.54) is 36.4 Å². The molecule has 9 nitrogen and oxygen atoms in total. The SMILES string of the molecule is CP(C)(=O)Cc1c[nH]c2ccc(-c3ccc(F)cc3)cc12.Cn1cc(C(C(=O)Cc2ccc3ccccc3c2)P(=O)(O)O)c2cc(-c3ccc(F)cc3)ccc21.Cn1cc(CP(C)(C)=O)c2cc(-c3ccc(F)cc3)ccc21. The molecule has 0 amide bonds. The van der Waals surface area contributed by atoms with Gasteiger partial charge in [-0.25, -0.2) is 13.2 Å². The van der Waals surface area contributed by atoms with Crippen molar-refractivity contribution in [2.75, 3.05) is 26.7 Å². The molecule has 1 atom stereocenters. The van der Waals surface area contributed by atoms with E-state index in [1.54, 1.807) is 73.6 Å². The molecular formula is C63H59F3N3O6P3. The van der Waals surface area contributed by atoms with Crippen molar-refractivity contribution in [2.45, 2.75) is 24.4 Å². The number of ketones is 1. The van der Waals surface area contributed by atoms with Gasteiger partial charge >= 0.3 is 7.60 Å². The fraction of sp³-hybridized carbons (Fsp3) is 0.159. The van der Waals surface area contributed by atoms with Gasteiger partial charge in [-0.3, -0.25) is 9.36 Å². The topological polar surface area (TPSA) is 134 Å². The van der Waals surface area contributed by atoms with Crippen molar-refractivity contribution >= 4 is 71.1 Å². The number of carbonyl (C=O) groups is 1. The smallest absolute Gasteiger partial charge is 0.340 e. The fourth-order valence-electron chi connectivity index (χ4n) is 10.0. The minimum absolute atomic E-state index is 0.103. The van der Waals surface area contributed by atoms with Crippen LogP contribution in [0.15, 0.2) is 188 Å². The molecule has 0 bridgehead atoms. The second-order valence-electron chi connectivity index (χ2n) is 20.8. The number of Topliss-reactive ketones (excluding diaryl/α,β-unsaturated/α-hetero) is 1. The van der Waals surface area contributed by atoms with E-state index in [-0.39, 0.29) is 29.4 Å². The molecule has 3 N–H and O–H groups in total. The van der Waals surface area contributed by atoms with Crippen LogP contribution >= 0.6 is 21.9 Å². The molecule has 0 fully saturated rings. The second-order valence-corrected chi connectivity index (χ2v) is 29.4. The van der Waals surface area contributed by atoms with E-state index in [9.17, 15) is 41.4 Å². The van der Waals surface area contributed by atoms with Crippen molar-refractivity contribution < 1.29 is 41.4 Å². The zero-order valence-corrected chi connectivity index (χ0v) is 46.7. The van der Waals surface area contributed by atoms with E-state index in [2.05, 4.69) is 33.9 Å². The number of nitrogens with zero attached hydrogens (tertiary/aromatic N) is 2. The Bertz CT molecular complexity index is 4150. The van der Waals surface area contributed by atoms with Crippen LogP contribution in [0.4, 0.5) is 13.2 Å². The van der Waals surface area contributed by atoms with Crippen molar-refractivity contribution in [1.82, 2.24) is 14.1 Å². The lowest BCUT2D eigenvalue weighted by molar-refractivity contribution is -0.118. The lowest BCUT2D eigenvalue weighted by Gasteiger charge is -2.17. The highest BCUT2D eigenvalue weighted by Crippen LogP contribution is 2.55. The summed E-state index contributed by atoms with van der Waals surface area (Å²) in [7, 11) is -5.32. The molecule has 11 aromatic rings. The number of nitrogens with one attached hydrogen (secondary N) is 1. The maximum Gasteiger partial charge on any atom is 0.340 e. The molecule has 0 aliphatic heterocycles. The third-order valence-corrected chi connectivity index (χ3v) is 17.1. The van der Waals surface area contributed by atoms with Crippen molar-refractivity contribution in [3.05, 3.63) is 228 Å². The largest absolute Gasteiger partial charge is 0.361 e. The molecule has 11 rings (SSSR count). The Morgan fingerprint density at radius 2 is 0.962 bits per heavy atom. The van der Waals surface area contributed by atoms with Gasteiger partial charge in [0.15, 0.2) is 5.78 Å². The summed E-state index contributed by atoms with van der Waals surface area (Å²) in [6.07, 6.45) is 6.67. The number of hydrogen-bond donors (Lipinski definition) is 3. The number of halogens is 3. The summed E-state index contributed by atoms with van der Waals surface area (Å²) in [4.78, 5) is 37.2. The lowest BCUT2D eigenvalue weighted by atomic mass is 9.98. The Morgan fingerprint density at radius 1 is 0.513 bits per heavy atom. The monoisotopic (exact) mass is 1100 g/mol. The number of aryl methyl sites for hydroxylation is 2. The maximum atomic E-state index is 13.4. The summed E-state index contributed by atoms with van der Waals surface area (Å²) in [5.74, 6) is -1.37. The van der Waals surface area contributed by atoms with Crippen LogP contribution in [0.25, 0.3) is 76.9 Å². The zero-order valence-electron chi connectivity index (χ0n) is 44.0. The third-order valence-electron chi connectivity index (χ3n) is 13.6. The van der Waals surface area contributed by atoms with E-state index >= 15 is 0 Å². The molecule has 0 spiro atoms. The molecule has 15 heteroatoms. The Morgan fingerprint density at radius 3 is 1.49 bits per heavy atom. The first-order valence-corrected chi connectivity index (χ1v) is 32.4. The van der Waals surface area contributed by atoms with Gasteiger partial charge in [-0.15, -0.1) is 0 Å².